The second-order valence-corrected chi connectivity index (χ2v) is 4.55. The number of carbonyl (C=O) groups is 1. The molecule has 22 heavy (non-hydrogen) atoms. The van der Waals surface area contributed by atoms with E-state index >= 15 is 0 Å². The summed E-state index contributed by atoms with van der Waals surface area (Å²) in [5.74, 6) is 1.00. The van der Waals surface area contributed by atoms with Crippen LogP contribution in [0.1, 0.15) is 16.1 Å². The summed E-state index contributed by atoms with van der Waals surface area (Å²) in [6.45, 7) is 1.82. The zero-order chi connectivity index (χ0) is 16.3. The van der Waals surface area contributed by atoms with Gasteiger partial charge in [0.05, 0.1) is 32.6 Å². The molecule has 1 aromatic carbocycles. The number of aromatic nitrogens is 2. The van der Waals surface area contributed by atoms with Gasteiger partial charge in [0.25, 0.3) is 0 Å². The van der Waals surface area contributed by atoms with Crippen LogP contribution in [0.5, 0.6) is 23.1 Å². The molecule has 118 valence electrons. The molecule has 1 heterocycles. The maximum absolute atomic E-state index is 12.3. The van der Waals surface area contributed by atoms with Gasteiger partial charge in [-0.15, -0.1) is 0 Å². The van der Waals surface area contributed by atoms with Crippen molar-refractivity contribution in [2.75, 3.05) is 21.3 Å². The summed E-state index contributed by atoms with van der Waals surface area (Å²) in [4.78, 5) is 12.3. The van der Waals surface area contributed by atoms with Crippen LogP contribution < -0.4 is 18.9 Å². The van der Waals surface area contributed by atoms with Gasteiger partial charge in [0.1, 0.15) is 0 Å². The van der Waals surface area contributed by atoms with E-state index in [0.717, 1.165) is 5.69 Å². The Morgan fingerprint density at radius 1 is 1.05 bits per heavy atom. The molecule has 0 spiro atoms. The van der Waals surface area contributed by atoms with Crippen molar-refractivity contribution in [1.29, 1.82) is 0 Å². The van der Waals surface area contributed by atoms with Crippen LogP contribution in [0.15, 0.2) is 18.2 Å². The highest BCUT2D eigenvalue weighted by Crippen LogP contribution is 2.38. The normalized spacial score (nSPS) is 10.2. The molecule has 0 bridgehead atoms. The summed E-state index contributed by atoms with van der Waals surface area (Å²) in [5.41, 5.74) is 1.04. The van der Waals surface area contributed by atoms with Gasteiger partial charge in [0.15, 0.2) is 11.5 Å². The van der Waals surface area contributed by atoms with Gasteiger partial charge in [-0.2, -0.15) is 5.10 Å². The Labute approximate surface area is 128 Å². The second-order valence-electron chi connectivity index (χ2n) is 4.55. The van der Waals surface area contributed by atoms with Crippen LogP contribution in [0.4, 0.5) is 0 Å². The highest BCUT2D eigenvalue weighted by molar-refractivity contribution is 5.92. The van der Waals surface area contributed by atoms with Crippen LogP contribution >= 0.6 is 0 Å². The van der Waals surface area contributed by atoms with Crippen molar-refractivity contribution in [3.63, 3.8) is 0 Å². The van der Waals surface area contributed by atoms with Crippen LogP contribution in [0.2, 0.25) is 0 Å². The number of hydrogen-bond donors (Lipinski definition) is 0. The molecular formula is C15H18N2O5. The maximum Gasteiger partial charge on any atom is 0.345 e. The highest BCUT2D eigenvalue weighted by atomic mass is 16.5. The molecule has 7 nitrogen and oxygen atoms in total. The van der Waals surface area contributed by atoms with Gasteiger partial charge in [-0.3, -0.25) is 0 Å². The topological polar surface area (TPSA) is 71.8 Å². The third-order valence-electron chi connectivity index (χ3n) is 3.06. The summed E-state index contributed by atoms with van der Waals surface area (Å²) < 4.78 is 22.5. The lowest BCUT2D eigenvalue weighted by molar-refractivity contribution is 0.0719. The quantitative estimate of drug-likeness (QED) is 0.787. The number of benzene rings is 1. The lowest BCUT2D eigenvalue weighted by Crippen LogP contribution is -2.12. The van der Waals surface area contributed by atoms with E-state index in [1.807, 2.05) is 6.92 Å². The Morgan fingerprint density at radius 2 is 1.64 bits per heavy atom. The van der Waals surface area contributed by atoms with E-state index in [0.29, 0.717) is 23.1 Å². The van der Waals surface area contributed by atoms with E-state index in [-0.39, 0.29) is 5.56 Å². The number of rotatable bonds is 5. The van der Waals surface area contributed by atoms with Crippen molar-refractivity contribution >= 4 is 5.97 Å². The van der Waals surface area contributed by atoms with Gasteiger partial charge in [-0.1, -0.05) is 0 Å². The summed E-state index contributed by atoms with van der Waals surface area (Å²) in [5, 5.41) is 4.12. The highest BCUT2D eigenvalue weighted by Gasteiger charge is 2.19. The third kappa shape index (κ3) is 2.98. The van der Waals surface area contributed by atoms with Crippen molar-refractivity contribution in [2.24, 2.45) is 7.05 Å². The van der Waals surface area contributed by atoms with Gasteiger partial charge in [0, 0.05) is 13.1 Å². The van der Waals surface area contributed by atoms with Crippen molar-refractivity contribution in [1.82, 2.24) is 9.78 Å². The zero-order valence-electron chi connectivity index (χ0n) is 13.2. The number of esters is 1. The van der Waals surface area contributed by atoms with E-state index in [1.165, 1.54) is 38.1 Å². The molecule has 0 atom stereocenters. The van der Waals surface area contributed by atoms with Crippen LogP contribution in [0, 0.1) is 6.92 Å². The minimum Gasteiger partial charge on any atom is -0.493 e. The molecule has 0 unspecified atom stereocenters. The Morgan fingerprint density at radius 3 is 2.05 bits per heavy atom. The molecule has 0 amide bonds. The molecule has 1 aromatic heterocycles. The predicted octanol–water partition coefficient (Wildman–Crippen LogP) is 1.97. The standard InChI is InChI=1S/C15H18N2O5/c1-9-6-13(17(2)16-9)22-15(18)10-7-11(19-3)14(21-5)12(8-10)20-4/h6-8H,1-5H3. The molecule has 0 aliphatic heterocycles. The molecule has 0 fully saturated rings. The van der Waals surface area contributed by atoms with Gasteiger partial charge < -0.3 is 18.9 Å². The summed E-state index contributed by atoms with van der Waals surface area (Å²) in [6.07, 6.45) is 0. The van der Waals surface area contributed by atoms with E-state index in [4.69, 9.17) is 18.9 Å². The Hall–Kier alpha value is -2.70. The number of aryl methyl sites for hydroxylation is 2. The van der Waals surface area contributed by atoms with E-state index in [2.05, 4.69) is 5.10 Å². The minimum absolute atomic E-state index is 0.286. The smallest absolute Gasteiger partial charge is 0.345 e. The lowest BCUT2D eigenvalue weighted by atomic mass is 10.2. The Balaban J connectivity index is 2.35. The SMILES string of the molecule is COc1cc(C(=O)Oc2cc(C)nn2C)cc(OC)c1OC. The number of methoxy groups -OCH3 is 3. The van der Waals surface area contributed by atoms with Crippen LogP contribution in [-0.4, -0.2) is 37.1 Å². The molecule has 0 aliphatic carbocycles. The van der Waals surface area contributed by atoms with Crippen LogP contribution in [-0.2, 0) is 7.05 Å². The van der Waals surface area contributed by atoms with Gasteiger partial charge in [-0.05, 0) is 19.1 Å². The van der Waals surface area contributed by atoms with Gasteiger partial charge in [0.2, 0.25) is 11.6 Å². The fourth-order valence-corrected chi connectivity index (χ4v) is 2.04. The van der Waals surface area contributed by atoms with Crippen molar-refractivity contribution in [3.05, 3.63) is 29.5 Å². The first-order chi connectivity index (χ1) is 10.5. The first-order valence-electron chi connectivity index (χ1n) is 6.53. The average Bonchev–Trinajstić information content (AvgIpc) is 2.83. The van der Waals surface area contributed by atoms with E-state index < -0.39 is 5.97 Å². The van der Waals surface area contributed by atoms with Crippen LogP contribution in [0.25, 0.3) is 0 Å². The fraction of sp³-hybridized carbons (Fsp3) is 0.333. The predicted molar refractivity (Wildman–Crippen MR) is 79.0 cm³/mol. The van der Waals surface area contributed by atoms with E-state index in [1.54, 1.807) is 13.1 Å². The molecule has 0 aliphatic rings. The van der Waals surface area contributed by atoms with Crippen molar-refractivity contribution in [2.45, 2.75) is 6.92 Å². The summed E-state index contributed by atoms with van der Waals surface area (Å²) in [6, 6.07) is 4.75. The third-order valence-corrected chi connectivity index (χ3v) is 3.06. The molecule has 0 saturated carbocycles. The van der Waals surface area contributed by atoms with Crippen LogP contribution in [0.3, 0.4) is 0 Å². The second kappa shape index (κ2) is 6.38. The largest absolute Gasteiger partial charge is 0.493 e. The Bertz CT molecular complexity index is 668. The van der Waals surface area contributed by atoms with Gasteiger partial charge in [-0.25, -0.2) is 9.48 Å². The zero-order valence-corrected chi connectivity index (χ0v) is 13.2. The minimum atomic E-state index is -0.540. The molecule has 2 aromatic rings. The molecule has 7 heteroatoms. The number of carbonyl (C=O) groups excluding carboxylic acids is 1. The molecular weight excluding hydrogens is 288 g/mol. The first-order valence-corrected chi connectivity index (χ1v) is 6.53. The lowest BCUT2D eigenvalue weighted by Gasteiger charge is -2.13. The number of nitrogens with zero attached hydrogens (tertiary/aromatic N) is 2. The molecule has 0 N–H and O–H groups in total. The van der Waals surface area contributed by atoms with Crippen molar-refractivity contribution in [3.8, 4) is 23.1 Å². The number of ether oxygens (including phenoxy) is 4. The summed E-state index contributed by atoms with van der Waals surface area (Å²) >= 11 is 0. The fourth-order valence-electron chi connectivity index (χ4n) is 2.04. The molecule has 0 saturated heterocycles. The monoisotopic (exact) mass is 306 g/mol. The number of hydrogen-bond acceptors (Lipinski definition) is 6. The molecule has 0 radical (unpaired) electrons. The molecule has 2 rings (SSSR count). The summed E-state index contributed by atoms with van der Waals surface area (Å²) in [7, 11) is 6.16. The van der Waals surface area contributed by atoms with Crippen molar-refractivity contribution < 1.29 is 23.7 Å². The Kier molecular flexibility index (Phi) is 4.55. The van der Waals surface area contributed by atoms with E-state index in [9.17, 15) is 4.79 Å². The average molecular weight is 306 g/mol. The van der Waals surface area contributed by atoms with Gasteiger partial charge >= 0.3 is 5.97 Å². The maximum atomic E-state index is 12.3. The first kappa shape index (κ1) is 15.7.